The Hall–Kier alpha value is -2.82. The van der Waals surface area contributed by atoms with Crippen molar-refractivity contribution >= 4 is 17.8 Å². The van der Waals surface area contributed by atoms with Crippen LogP contribution in [0.15, 0.2) is 41.0 Å². The van der Waals surface area contributed by atoms with Gasteiger partial charge in [-0.2, -0.15) is 0 Å². The number of nitrogens with zero attached hydrogens (tertiary/aromatic N) is 1. The monoisotopic (exact) mass is 365 g/mol. The van der Waals surface area contributed by atoms with Crippen molar-refractivity contribution in [2.45, 2.75) is 38.7 Å². The number of carbonyl (C=O) groups is 2. The Morgan fingerprint density at radius 3 is 2.70 bits per heavy atom. The fourth-order valence-corrected chi connectivity index (χ4v) is 4.08. The van der Waals surface area contributed by atoms with Crippen LogP contribution in [0, 0.1) is 13.8 Å². The number of hydrogen-bond donors (Lipinski definition) is 0. The van der Waals surface area contributed by atoms with Gasteiger partial charge >= 0.3 is 0 Å². The molecule has 3 heterocycles. The van der Waals surface area contributed by atoms with Crippen molar-refractivity contribution in [1.82, 2.24) is 4.90 Å². The molecule has 1 fully saturated rings. The number of ether oxygens (including phenoxy) is 1. The van der Waals surface area contributed by atoms with E-state index in [0.29, 0.717) is 49.4 Å². The van der Waals surface area contributed by atoms with Crippen LogP contribution in [0.2, 0.25) is 0 Å². The maximum absolute atomic E-state index is 12.8. The first-order valence-electron chi connectivity index (χ1n) is 9.30. The summed E-state index contributed by atoms with van der Waals surface area (Å²) in [5.41, 5.74) is 2.28. The number of aryl methyl sites for hydroxylation is 2. The van der Waals surface area contributed by atoms with Crippen LogP contribution in [0.25, 0.3) is 6.08 Å². The Bertz CT molecular complexity index is 903. The van der Waals surface area contributed by atoms with Crippen LogP contribution < -0.4 is 4.74 Å². The number of piperidine rings is 1. The van der Waals surface area contributed by atoms with Crippen molar-refractivity contribution in [1.29, 1.82) is 0 Å². The van der Waals surface area contributed by atoms with Gasteiger partial charge in [-0.05, 0) is 49.2 Å². The Labute approximate surface area is 158 Å². The molecular formula is C22H23NO4. The van der Waals surface area contributed by atoms with Gasteiger partial charge in [0.2, 0.25) is 5.91 Å². The fraction of sp³-hybridized carbons (Fsp3) is 0.364. The molecule has 2 aliphatic heterocycles. The van der Waals surface area contributed by atoms with E-state index in [9.17, 15) is 9.59 Å². The van der Waals surface area contributed by atoms with E-state index in [1.807, 2.05) is 26.0 Å². The Balaban J connectivity index is 1.45. The average Bonchev–Trinajstić information content (AvgIpc) is 3.12. The molecule has 2 aliphatic rings. The molecule has 0 aliphatic carbocycles. The van der Waals surface area contributed by atoms with Crippen molar-refractivity contribution in [3.8, 4) is 5.75 Å². The molecule has 0 radical (unpaired) electrons. The first kappa shape index (κ1) is 17.6. The van der Waals surface area contributed by atoms with E-state index in [1.165, 1.54) is 6.08 Å². The highest BCUT2D eigenvalue weighted by Gasteiger charge is 2.43. The third-order valence-electron chi connectivity index (χ3n) is 5.45. The molecule has 140 valence electrons. The summed E-state index contributed by atoms with van der Waals surface area (Å²) in [6, 6.07) is 7.56. The second kappa shape index (κ2) is 6.72. The highest BCUT2D eigenvalue weighted by Crippen LogP contribution is 2.41. The molecule has 5 heteroatoms. The normalized spacial score (nSPS) is 18.6. The minimum atomic E-state index is -0.494. The summed E-state index contributed by atoms with van der Waals surface area (Å²) >= 11 is 0. The zero-order valence-electron chi connectivity index (χ0n) is 15.7. The number of hydrogen-bond acceptors (Lipinski definition) is 4. The van der Waals surface area contributed by atoms with Gasteiger partial charge in [-0.25, -0.2) is 0 Å². The van der Waals surface area contributed by atoms with E-state index in [1.54, 1.807) is 29.4 Å². The topological polar surface area (TPSA) is 59.8 Å². The maximum atomic E-state index is 12.8. The van der Waals surface area contributed by atoms with Gasteiger partial charge in [0.05, 0.1) is 18.2 Å². The lowest BCUT2D eigenvalue weighted by Crippen LogP contribution is -2.52. The van der Waals surface area contributed by atoms with Crippen molar-refractivity contribution in [3.63, 3.8) is 0 Å². The number of amides is 1. The molecule has 5 nitrogen and oxygen atoms in total. The van der Waals surface area contributed by atoms with E-state index in [2.05, 4.69) is 0 Å². The van der Waals surface area contributed by atoms with E-state index in [0.717, 1.165) is 11.1 Å². The lowest BCUT2D eigenvalue weighted by molar-refractivity contribution is -0.129. The van der Waals surface area contributed by atoms with Gasteiger partial charge in [-0.1, -0.05) is 6.07 Å². The predicted octanol–water partition coefficient (Wildman–Crippen LogP) is 3.94. The van der Waals surface area contributed by atoms with E-state index >= 15 is 0 Å². The molecule has 0 unspecified atom stereocenters. The molecule has 1 amide bonds. The minimum Gasteiger partial charge on any atom is -0.486 e. The van der Waals surface area contributed by atoms with Crippen molar-refractivity contribution in [3.05, 3.63) is 59.1 Å². The highest BCUT2D eigenvalue weighted by atomic mass is 16.5. The third kappa shape index (κ3) is 3.42. The number of furan rings is 1. The minimum absolute atomic E-state index is 0.0459. The van der Waals surface area contributed by atoms with E-state index < -0.39 is 5.60 Å². The number of Topliss-reactive ketones (excluding diaryl/α,β-unsaturated/α-hetero) is 1. The Kier molecular flexibility index (Phi) is 4.38. The zero-order valence-corrected chi connectivity index (χ0v) is 15.7. The van der Waals surface area contributed by atoms with Gasteiger partial charge in [0.25, 0.3) is 0 Å². The molecule has 0 N–H and O–H groups in total. The standard InChI is InChI=1S/C22H23NO4/c1-15-12-16(2)21-18(24)14-22(27-19(21)13-15)7-9-23(10-8-22)20(25)6-5-17-4-3-11-26-17/h3-6,11-13H,7-10,14H2,1-2H3/b6-5+. The second-order valence-corrected chi connectivity index (χ2v) is 7.51. The van der Waals surface area contributed by atoms with Gasteiger partial charge in [0.1, 0.15) is 17.1 Å². The smallest absolute Gasteiger partial charge is 0.246 e. The summed E-state index contributed by atoms with van der Waals surface area (Å²) in [7, 11) is 0. The van der Waals surface area contributed by atoms with Crippen LogP contribution in [0.3, 0.4) is 0 Å². The summed E-state index contributed by atoms with van der Waals surface area (Å²) in [4.78, 5) is 27.0. The Morgan fingerprint density at radius 1 is 1.22 bits per heavy atom. The number of carbonyl (C=O) groups excluding carboxylic acids is 2. The lowest BCUT2D eigenvalue weighted by atomic mass is 9.81. The number of rotatable bonds is 2. The van der Waals surface area contributed by atoms with Crippen LogP contribution in [-0.2, 0) is 4.79 Å². The summed E-state index contributed by atoms with van der Waals surface area (Å²) in [5, 5.41) is 0. The van der Waals surface area contributed by atoms with Gasteiger partial charge in [0.15, 0.2) is 5.78 Å². The first-order chi connectivity index (χ1) is 13.0. The summed E-state index contributed by atoms with van der Waals surface area (Å²) in [6.07, 6.45) is 6.49. The Morgan fingerprint density at radius 2 is 2.00 bits per heavy atom. The SMILES string of the molecule is Cc1cc(C)c2c(c1)OC1(CCN(C(=O)/C=C/c3ccco3)CC1)CC2=O. The summed E-state index contributed by atoms with van der Waals surface area (Å²) in [6.45, 7) is 5.12. The van der Waals surface area contributed by atoms with Gasteiger partial charge in [-0.3, -0.25) is 9.59 Å². The second-order valence-electron chi connectivity index (χ2n) is 7.51. The molecule has 27 heavy (non-hydrogen) atoms. The molecule has 1 aromatic carbocycles. The van der Waals surface area contributed by atoms with Gasteiger partial charge < -0.3 is 14.1 Å². The zero-order chi connectivity index (χ0) is 19.0. The average molecular weight is 365 g/mol. The van der Waals surface area contributed by atoms with Crippen LogP contribution >= 0.6 is 0 Å². The molecule has 0 saturated carbocycles. The molecule has 2 aromatic rings. The maximum Gasteiger partial charge on any atom is 0.246 e. The predicted molar refractivity (Wildman–Crippen MR) is 102 cm³/mol. The molecule has 0 bridgehead atoms. The van der Waals surface area contributed by atoms with Crippen LogP contribution in [0.1, 0.15) is 46.5 Å². The molecule has 4 rings (SSSR count). The largest absolute Gasteiger partial charge is 0.486 e. The van der Waals surface area contributed by atoms with Crippen LogP contribution in [0.4, 0.5) is 0 Å². The summed E-state index contributed by atoms with van der Waals surface area (Å²) in [5.74, 6) is 1.45. The number of ketones is 1. The third-order valence-corrected chi connectivity index (χ3v) is 5.45. The van der Waals surface area contributed by atoms with E-state index in [-0.39, 0.29) is 11.7 Å². The van der Waals surface area contributed by atoms with Crippen LogP contribution in [0.5, 0.6) is 5.75 Å². The molecule has 1 aromatic heterocycles. The van der Waals surface area contributed by atoms with Crippen molar-refractivity contribution in [2.24, 2.45) is 0 Å². The van der Waals surface area contributed by atoms with Crippen molar-refractivity contribution in [2.75, 3.05) is 13.1 Å². The highest BCUT2D eigenvalue weighted by molar-refractivity contribution is 6.02. The first-order valence-corrected chi connectivity index (χ1v) is 9.30. The van der Waals surface area contributed by atoms with Crippen molar-refractivity contribution < 1.29 is 18.7 Å². The molecular weight excluding hydrogens is 342 g/mol. The number of benzene rings is 1. The molecule has 1 saturated heterocycles. The molecule has 0 atom stereocenters. The summed E-state index contributed by atoms with van der Waals surface area (Å²) < 4.78 is 11.6. The quantitative estimate of drug-likeness (QED) is 0.757. The van der Waals surface area contributed by atoms with Gasteiger partial charge in [-0.15, -0.1) is 0 Å². The fourth-order valence-electron chi connectivity index (χ4n) is 4.08. The van der Waals surface area contributed by atoms with E-state index in [4.69, 9.17) is 9.15 Å². The van der Waals surface area contributed by atoms with Crippen LogP contribution in [-0.4, -0.2) is 35.3 Å². The van der Waals surface area contributed by atoms with Gasteiger partial charge in [0, 0.05) is 32.0 Å². The number of likely N-dealkylation sites (tertiary alicyclic amines) is 1. The molecule has 1 spiro atoms. The lowest BCUT2D eigenvalue weighted by Gasteiger charge is -2.44. The number of fused-ring (bicyclic) bond motifs is 1.